The first-order valence-electron chi connectivity index (χ1n) is 12.9. The first-order chi connectivity index (χ1) is 18.8. The largest absolute Gasteiger partial charge is 0.477 e. The number of ether oxygens (including phenoxy) is 1. The highest BCUT2D eigenvalue weighted by molar-refractivity contribution is 8.04. The summed E-state index contributed by atoms with van der Waals surface area (Å²) in [5.74, 6) is -0.520. The second-order valence-corrected chi connectivity index (χ2v) is 11.5. The van der Waals surface area contributed by atoms with E-state index in [1.165, 1.54) is 12.1 Å². The van der Waals surface area contributed by atoms with Gasteiger partial charge in [0.25, 0.3) is 5.69 Å². The van der Waals surface area contributed by atoms with Gasteiger partial charge in [0.2, 0.25) is 11.0 Å². The zero-order valence-corrected chi connectivity index (χ0v) is 23.0. The lowest BCUT2D eigenvalue weighted by atomic mass is 9.89. The van der Waals surface area contributed by atoms with Gasteiger partial charge in [0.05, 0.1) is 23.5 Å². The Bertz CT molecular complexity index is 1320. The predicted molar refractivity (Wildman–Crippen MR) is 151 cm³/mol. The van der Waals surface area contributed by atoms with Crippen LogP contribution in [0.3, 0.4) is 0 Å². The molecule has 0 radical (unpaired) electrons. The van der Waals surface area contributed by atoms with Crippen LogP contribution in [0.5, 0.6) is 0 Å². The van der Waals surface area contributed by atoms with Gasteiger partial charge in [-0.05, 0) is 49.3 Å². The number of fused-ring (bicyclic) bond motifs is 1. The summed E-state index contributed by atoms with van der Waals surface area (Å²) in [7, 11) is 0. The van der Waals surface area contributed by atoms with Crippen LogP contribution in [0, 0.1) is 22.0 Å². The molecular formula is C28H29N3O6S2. The molecule has 0 unspecified atom stereocenters. The topological polar surface area (TPSA) is 113 Å². The molecule has 3 aliphatic rings. The first-order valence-corrected chi connectivity index (χ1v) is 14.2. The lowest BCUT2D eigenvalue weighted by Gasteiger charge is -2.44. The number of nitrogens with zero attached hydrogens (tertiary/aromatic N) is 3. The van der Waals surface area contributed by atoms with Crippen LogP contribution in [0.4, 0.5) is 5.69 Å². The van der Waals surface area contributed by atoms with Gasteiger partial charge < -0.3 is 9.84 Å². The van der Waals surface area contributed by atoms with Gasteiger partial charge in [-0.2, -0.15) is 0 Å². The van der Waals surface area contributed by atoms with E-state index in [4.69, 9.17) is 17.0 Å². The number of thioether (sulfide) groups is 1. The van der Waals surface area contributed by atoms with Crippen LogP contribution in [0.25, 0.3) is 0 Å². The molecule has 1 amide bonds. The zero-order chi connectivity index (χ0) is 27.7. The molecular weight excluding hydrogens is 538 g/mol. The number of β-lactam (4-membered cyclic amide) rings is 1. The normalized spacial score (nSPS) is 23.4. The van der Waals surface area contributed by atoms with Gasteiger partial charge in [-0.25, -0.2) is 0 Å². The molecule has 0 aromatic heterocycles. The fraction of sp³-hybridized carbons (Fsp3) is 0.393. The number of aliphatic hydroxyl groups excluding tert-OH is 1. The van der Waals surface area contributed by atoms with Crippen molar-refractivity contribution in [1.82, 2.24) is 9.80 Å². The number of benzene rings is 2. The number of nitro groups is 1. The monoisotopic (exact) mass is 567 g/mol. The van der Waals surface area contributed by atoms with E-state index in [0.717, 1.165) is 17.9 Å². The summed E-state index contributed by atoms with van der Waals surface area (Å²) >= 11 is 7.24. The van der Waals surface area contributed by atoms with Crippen LogP contribution < -0.4 is 0 Å². The molecule has 1 N–H and O–H groups in total. The van der Waals surface area contributed by atoms with Crippen molar-refractivity contribution in [2.45, 2.75) is 37.9 Å². The second kappa shape index (κ2) is 11.5. The van der Waals surface area contributed by atoms with Gasteiger partial charge in [0, 0.05) is 35.1 Å². The Balaban J connectivity index is 1.32. The molecule has 2 aromatic rings. The average Bonchev–Trinajstić information content (AvgIpc) is 3.54. The molecule has 0 spiro atoms. The molecule has 0 saturated carbocycles. The van der Waals surface area contributed by atoms with E-state index in [1.807, 2.05) is 37.3 Å². The van der Waals surface area contributed by atoms with E-state index in [2.05, 4.69) is 4.90 Å². The highest BCUT2D eigenvalue weighted by Crippen LogP contribution is 2.54. The number of likely N-dealkylation sites (tertiary alicyclic amines) is 1. The van der Waals surface area contributed by atoms with E-state index >= 15 is 0 Å². The molecule has 5 rings (SSSR count). The molecule has 204 valence electrons. The number of Topliss-reactive ketones (excluding diaryl/α,β-unsaturated/α-hetero) is 1. The predicted octanol–water partition coefficient (Wildman–Crippen LogP) is 4.16. The number of thiocarbonyl (C=S) groups is 1. The Kier molecular flexibility index (Phi) is 8.13. The number of hydrogen-bond donors (Lipinski definition) is 1. The number of rotatable bonds is 10. The van der Waals surface area contributed by atoms with Crippen molar-refractivity contribution in [2.75, 3.05) is 19.6 Å². The highest BCUT2D eigenvalue weighted by Gasteiger charge is 2.58. The number of carbonyl (C=O) groups is 2. The number of ketones is 1. The number of non-ortho nitro benzene ring substituents is 1. The Morgan fingerprint density at radius 1 is 1.23 bits per heavy atom. The molecule has 2 aromatic carbocycles. The average molecular weight is 568 g/mol. The third-order valence-electron chi connectivity index (χ3n) is 7.46. The van der Waals surface area contributed by atoms with E-state index in [9.17, 15) is 24.8 Å². The van der Waals surface area contributed by atoms with Crippen LogP contribution in [-0.4, -0.2) is 67.7 Å². The van der Waals surface area contributed by atoms with E-state index < -0.39 is 16.9 Å². The number of nitro benzene ring substituents is 1. The molecule has 2 fully saturated rings. The molecule has 11 heteroatoms. The third-order valence-corrected chi connectivity index (χ3v) is 9.29. The zero-order valence-electron chi connectivity index (χ0n) is 21.4. The molecule has 0 bridgehead atoms. The van der Waals surface area contributed by atoms with Crippen molar-refractivity contribution in [3.8, 4) is 0 Å². The SMILES string of the molecule is CC[C@H](O)[C@@H]1C(=O)N2C(C(=S)OCc3ccc([N+](=O)[O-])cc3)=C([C@H]3CCN(CC(=O)c4ccccc4)C3)S[C@H]12. The van der Waals surface area contributed by atoms with Crippen molar-refractivity contribution in [3.63, 3.8) is 0 Å². The third kappa shape index (κ3) is 5.49. The van der Waals surface area contributed by atoms with Crippen LogP contribution in [0.15, 0.2) is 65.2 Å². The number of hydrogen-bond acceptors (Lipinski definition) is 9. The summed E-state index contributed by atoms with van der Waals surface area (Å²) in [6.45, 7) is 3.68. The molecule has 39 heavy (non-hydrogen) atoms. The maximum atomic E-state index is 13.1. The second-order valence-electron chi connectivity index (χ2n) is 9.94. The molecule has 2 saturated heterocycles. The summed E-state index contributed by atoms with van der Waals surface area (Å²) in [6.07, 6.45) is 0.561. The quantitative estimate of drug-likeness (QED) is 0.149. The number of amides is 1. The fourth-order valence-electron chi connectivity index (χ4n) is 5.29. The van der Waals surface area contributed by atoms with Gasteiger partial charge in [-0.1, -0.05) is 37.3 Å². The minimum absolute atomic E-state index is 0.00964. The lowest BCUT2D eigenvalue weighted by molar-refractivity contribution is -0.384. The number of aliphatic hydroxyl groups is 1. The summed E-state index contributed by atoms with van der Waals surface area (Å²) in [5, 5.41) is 21.4. The smallest absolute Gasteiger partial charge is 0.269 e. The maximum Gasteiger partial charge on any atom is 0.269 e. The fourth-order valence-corrected chi connectivity index (χ4v) is 7.33. The summed E-state index contributed by atoms with van der Waals surface area (Å²) in [4.78, 5) is 41.1. The van der Waals surface area contributed by atoms with Gasteiger partial charge in [-0.15, -0.1) is 11.8 Å². The summed E-state index contributed by atoms with van der Waals surface area (Å²) in [5.41, 5.74) is 1.97. The van der Waals surface area contributed by atoms with E-state index in [-0.39, 0.29) is 40.3 Å². The van der Waals surface area contributed by atoms with Crippen molar-refractivity contribution in [3.05, 3.63) is 86.4 Å². The molecule has 9 nitrogen and oxygen atoms in total. The van der Waals surface area contributed by atoms with Gasteiger partial charge >= 0.3 is 0 Å². The van der Waals surface area contributed by atoms with Gasteiger partial charge in [0.15, 0.2) is 5.78 Å². The van der Waals surface area contributed by atoms with Crippen LogP contribution in [0.2, 0.25) is 0 Å². The van der Waals surface area contributed by atoms with Crippen LogP contribution in [0.1, 0.15) is 35.7 Å². The summed E-state index contributed by atoms with van der Waals surface area (Å²) in [6, 6.07) is 15.3. The van der Waals surface area contributed by atoms with E-state index in [0.29, 0.717) is 36.3 Å². The lowest BCUT2D eigenvalue weighted by Crippen LogP contribution is -2.61. The minimum Gasteiger partial charge on any atom is -0.477 e. The maximum absolute atomic E-state index is 13.1. The van der Waals surface area contributed by atoms with Crippen LogP contribution in [-0.2, 0) is 16.1 Å². The van der Waals surface area contributed by atoms with Crippen molar-refractivity contribution in [1.29, 1.82) is 0 Å². The molecule has 0 aliphatic carbocycles. The molecule has 4 atom stereocenters. The highest BCUT2D eigenvalue weighted by atomic mass is 32.2. The van der Waals surface area contributed by atoms with Crippen molar-refractivity contribution in [2.24, 2.45) is 11.8 Å². The molecule has 3 aliphatic heterocycles. The Morgan fingerprint density at radius 2 is 1.95 bits per heavy atom. The van der Waals surface area contributed by atoms with Gasteiger partial charge in [0.1, 0.15) is 17.7 Å². The standard InChI is InChI=1S/C28H29N3O6S2/c1-2-21(32)23-26(34)30-24(28(38)37-16-17-8-10-20(11-9-17)31(35)36)25(39-27(23)30)19-12-13-29(14-19)15-22(33)18-6-4-3-5-7-18/h3-11,19,21,23,27,32H,2,12-16H2,1H3/t19-,21-,23+,27+/m0/s1. The minimum atomic E-state index is -0.731. The Hall–Kier alpha value is -3.12. The Morgan fingerprint density at radius 3 is 2.62 bits per heavy atom. The molecule has 3 heterocycles. The first kappa shape index (κ1) is 27.4. The van der Waals surface area contributed by atoms with Crippen molar-refractivity contribution >= 4 is 46.4 Å². The van der Waals surface area contributed by atoms with Crippen molar-refractivity contribution < 1.29 is 24.4 Å². The summed E-state index contributed by atoms with van der Waals surface area (Å²) < 4.78 is 5.94. The van der Waals surface area contributed by atoms with Crippen LogP contribution >= 0.6 is 24.0 Å². The Labute approximate surface area is 236 Å². The van der Waals surface area contributed by atoms with Gasteiger partial charge in [-0.3, -0.25) is 29.5 Å². The number of carbonyl (C=O) groups excluding carboxylic acids is 2. The van der Waals surface area contributed by atoms with E-state index in [1.54, 1.807) is 28.8 Å².